The van der Waals surface area contributed by atoms with Gasteiger partial charge >= 0.3 is 11.7 Å². The van der Waals surface area contributed by atoms with Crippen molar-refractivity contribution in [3.63, 3.8) is 0 Å². The number of carbonyl (C=O) groups excluding carboxylic acids is 1. The number of hydrogen-bond acceptors (Lipinski definition) is 6. The first-order chi connectivity index (χ1) is 12.3. The number of aromatic nitrogens is 2. The van der Waals surface area contributed by atoms with Gasteiger partial charge in [0.1, 0.15) is 5.69 Å². The average molecular weight is 362 g/mol. The van der Waals surface area contributed by atoms with Crippen molar-refractivity contribution in [1.82, 2.24) is 9.13 Å². The van der Waals surface area contributed by atoms with Crippen LogP contribution in [0.5, 0.6) is 0 Å². The minimum atomic E-state index is -0.427. The van der Waals surface area contributed by atoms with E-state index < -0.39 is 4.92 Å². The molecule has 9 heteroatoms. The van der Waals surface area contributed by atoms with E-state index in [2.05, 4.69) is 0 Å². The summed E-state index contributed by atoms with van der Waals surface area (Å²) in [5.41, 5.74) is 1.38. The van der Waals surface area contributed by atoms with Crippen LogP contribution in [0.25, 0.3) is 11.0 Å². The van der Waals surface area contributed by atoms with Gasteiger partial charge in [-0.15, -0.1) is 0 Å². The van der Waals surface area contributed by atoms with Gasteiger partial charge < -0.3 is 9.64 Å². The second-order valence-corrected chi connectivity index (χ2v) is 6.50. The number of fused-ring (bicyclic) bond motifs is 1. The number of carbonyl (C=O) groups is 1. The van der Waals surface area contributed by atoms with Crippen molar-refractivity contribution in [3.05, 3.63) is 32.7 Å². The van der Waals surface area contributed by atoms with Crippen LogP contribution < -0.4 is 10.6 Å². The van der Waals surface area contributed by atoms with Gasteiger partial charge in [-0.3, -0.25) is 24.0 Å². The molecular formula is C17H22N4O5. The molecule has 0 radical (unpaired) electrons. The molecule has 0 saturated carbocycles. The summed E-state index contributed by atoms with van der Waals surface area (Å²) >= 11 is 0. The van der Waals surface area contributed by atoms with Crippen LogP contribution >= 0.6 is 0 Å². The maximum atomic E-state index is 12.1. The van der Waals surface area contributed by atoms with Gasteiger partial charge in [0.15, 0.2) is 0 Å². The molecule has 1 aromatic heterocycles. The lowest BCUT2D eigenvalue weighted by molar-refractivity contribution is -0.384. The first kappa shape index (κ1) is 18.0. The van der Waals surface area contributed by atoms with Crippen LogP contribution in [0.15, 0.2) is 16.9 Å². The Balaban J connectivity index is 1.96. The van der Waals surface area contributed by atoms with E-state index in [9.17, 15) is 19.7 Å². The summed E-state index contributed by atoms with van der Waals surface area (Å²) in [7, 11) is 3.24. The molecule has 0 N–H and O–H groups in total. The summed E-state index contributed by atoms with van der Waals surface area (Å²) in [5, 5.41) is 11.6. The number of anilines is 1. The number of nitro benzene ring substituents is 1. The highest BCUT2D eigenvalue weighted by atomic mass is 16.6. The van der Waals surface area contributed by atoms with Gasteiger partial charge in [0.2, 0.25) is 0 Å². The lowest BCUT2D eigenvalue weighted by Crippen LogP contribution is -2.37. The van der Waals surface area contributed by atoms with Crippen molar-refractivity contribution in [1.29, 1.82) is 0 Å². The van der Waals surface area contributed by atoms with Gasteiger partial charge in [-0.1, -0.05) is 0 Å². The summed E-state index contributed by atoms with van der Waals surface area (Å²) in [4.78, 5) is 37.1. The molecule has 0 aliphatic carbocycles. The van der Waals surface area contributed by atoms with Gasteiger partial charge in [0.05, 0.1) is 28.5 Å². The van der Waals surface area contributed by atoms with E-state index in [1.54, 1.807) is 27.1 Å². The monoisotopic (exact) mass is 362 g/mol. The van der Waals surface area contributed by atoms with Gasteiger partial charge in [-0.25, -0.2) is 4.79 Å². The molecule has 0 bridgehead atoms. The number of piperidine rings is 1. The zero-order valence-electron chi connectivity index (χ0n) is 15.1. The molecule has 1 aromatic carbocycles. The number of esters is 1. The third-order valence-electron chi connectivity index (χ3n) is 5.02. The fourth-order valence-corrected chi connectivity index (χ4v) is 3.54. The average Bonchev–Trinajstić information content (AvgIpc) is 2.85. The molecular weight excluding hydrogens is 340 g/mol. The first-order valence-electron chi connectivity index (χ1n) is 8.60. The largest absolute Gasteiger partial charge is 0.466 e. The third-order valence-corrected chi connectivity index (χ3v) is 5.02. The van der Waals surface area contributed by atoms with Crippen LogP contribution in [0.3, 0.4) is 0 Å². The third kappa shape index (κ3) is 2.93. The minimum absolute atomic E-state index is 0.0340. The van der Waals surface area contributed by atoms with Gasteiger partial charge in [0.25, 0.3) is 5.69 Å². The summed E-state index contributed by atoms with van der Waals surface area (Å²) in [6.45, 7) is 3.17. The first-order valence-corrected chi connectivity index (χ1v) is 8.60. The summed E-state index contributed by atoms with van der Waals surface area (Å²) < 4.78 is 7.95. The van der Waals surface area contributed by atoms with Crippen LogP contribution in [-0.4, -0.2) is 39.7 Å². The number of imidazole rings is 1. The summed E-state index contributed by atoms with van der Waals surface area (Å²) in [6, 6.07) is 3.14. The standard InChI is InChI=1S/C17H22N4O5/c1-4-26-16(22)11-5-7-20(8-6-11)14-9-12-13(10-15(14)21(24)25)19(3)17(23)18(12)2/h9-11H,4-8H2,1-3H3. The molecule has 26 heavy (non-hydrogen) atoms. The molecule has 1 aliphatic heterocycles. The Labute approximate surface area is 149 Å². The molecule has 1 fully saturated rings. The van der Waals surface area contributed by atoms with E-state index in [1.807, 2.05) is 4.90 Å². The zero-order valence-corrected chi connectivity index (χ0v) is 15.1. The van der Waals surface area contributed by atoms with Crippen molar-refractivity contribution < 1.29 is 14.5 Å². The number of aryl methyl sites for hydroxylation is 2. The SMILES string of the molecule is CCOC(=O)C1CCN(c2cc3c(cc2[N+](=O)[O-])n(C)c(=O)n3C)CC1. The predicted molar refractivity (Wildman–Crippen MR) is 96.4 cm³/mol. The molecule has 0 spiro atoms. The van der Waals surface area contributed by atoms with E-state index in [4.69, 9.17) is 4.74 Å². The van der Waals surface area contributed by atoms with E-state index in [0.717, 1.165) is 0 Å². The lowest BCUT2D eigenvalue weighted by atomic mass is 9.96. The molecule has 2 aromatic rings. The number of ether oxygens (including phenoxy) is 1. The van der Waals surface area contributed by atoms with Crippen LogP contribution in [0.1, 0.15) is 19.8 Å². The van der Waals surface area contributed by atoms with Crippen LogP contribution in [-0.2, 0) is 23.6 Å². The number of benzene rings is 1. The zero-order chi connectivity index (χ0) is 19.0. The summed E-state index contributed by atoms with van der Waals surface area (Å²) in [5.74, 6) is -0.377. The fraction of sp³-hybridized carbons (Fsp3) is 0.529. The smallest absolute Gasteiger partial charge is 0.328 e. The van der Waals surface area contributed by atoms with Crippen molar-refractivity contribution in [2.75, 3.05) is 24.6 Å². The number of nitrogens with zero attached hydrogens (tertiary/aromatic N) is 4. The number of rotatable bonds is 4. The van der Waals surface area contributed by atoms with E-state index >= 15 is 0 Å². The Hall–Kier alpha value is -2.84. The molecule has 3 rings (SSSR count). The Morgan fingerprint density at radius 1 is 1.23 bits per heavy atom. The van der Waals surface area contributed by atoms with Crippen molar-refractivity contribution in [2.45, 2.75) is 19.8 Å². The Morgan fingerprint density at radius 3 is 2.35 bits per heavy atom. The Kier molecular flexibility index (Phi) is 4.71. The van der Waals surface area contributed by atoms with E-state index in [-0.39, 0.29) is 23.3 Å². The van der Waals surface area contributed by atoms with Crippen molar-refractivity contribution >= 4 is 28.4 Å². The topological polar surface area (TPSA) is 99.6 Å². The van der Waals surface area contributed by atoms with E-state index in [1.165, 1.54) is 15.2 Å². The minimum Gasteiger partial charge on any atom is -0.466 e. The van der Waals surface area contributed by atoms with Crippen LogP contribution in [0, 0.1) is 16.0 Å². The maximum absolute atomic E-state index is 12.1. The molecule has 0 amide bonds. The predicted octanol–water partition coefficient (Wildman–Crippen LogP) is 1.56. The number of nitro groups is 1. The van der Waals surface area contributed by atoms with Crippen molar-refractivity contribution in [2.24, 2.45) is 20.0 Å². The van der Waals surface area contributed by atoms with Crippen LogP contribution in [0.2, 0.25) is 0 Å². The van der Waals surface area contributed by atoms with Gasteiger partial charge in [0, 0.05) is 33.3 Å². The molecule has 1 aliphatic rings. The molecule has 0 unspecified atom stereocenters. The van der Waals surface area contributed by atoms with E-state index in [0.29, 0.717) is 49.3 Å². The molecule has 0 atom stereocenters. The highest BCUT2D eigenvalue weighted by Gasteiger charge is 2.30. The fourth-order valence-electron chi connectivity index (χ4n) is 3.54. The lowest BCUT2D eigenvalue weighted by Gasteiger charge is -2.32. The number of hydrogen-bond donors (Lipinski definition) is 0. The Bertz CT molecular complexity index is 921. The van der Waals surface area contributed by atoms with Crippen LogP contribution in [0.4, 0.5) is 11.4 Å². The highest BCUT2D eigenvalue weighted by molar-refractivity contribution is 5.86. The molecule has 9 nitrogen and oxygen atoms in total. The summed E-state index contributed by atoms with van der Waals surface area (Å²) in [6.07, 6.45) is 1.17. The highest BCUT2D eigenvalue weighted by Crippen LogP contribution is 2.35. The second-order valence-electron chi connectivity index (χ2n) is 6.50. The quantitative estimate of drug-likeness (QED) is 0.465. The molecule has 140 valence electrons. The normalized spacial score (nSPS) is 15.4. The maximum Gasteiger partial charge on any atom is 0.328 e. The molecule has 2 heterocycles. The van der Waals surface area contributed by atoms with Gasteiger partial charge in [-0.2, -0.15) is 0 Å². The molecule has 1 saturated heterocycles. The Morgan fingerprint density at radius 2 is 1.81 bits per heavy atom. The van der Waals surface area contributed by atoms with Gasteiger partial charge in [-0.05, 0) is 25.8 Å². The van der Waals surface area contributed by atoms with Crippen molar-refractivity contribution in [3.8, 4) is 0 Å². The second kappa shape index (κ2) is 6.81.